The summed E-state index contributed by atoms with van der Waals surface area (Å²) in [7, 11) is 0. The molecule has 1 saturated heterocycles. The van der Waals surface area contributed by atoms with Crippen molar-refractivity contribution in [2.75, 3.05) is 6.54 Å². The topological polar surface area (TPSA) is 32.3 Å². The maximum atomic E-state index is 9.86. The molecule has 1 aliphatic rings. The third-order valence-corrected chi connectivity index (χ3v) is 3.30. The quantitative estimate of drug-likeness (QED) is 0.841. The largest absolute Gasteiger partial charge is 0.390 e. The van der Waals surface area contributed by atoms with E-state index in [-0.39, 0.29) is 0 Å². The molecule has 0 spiro atoms. The van der Waals surface area contributed by atoms with Crippen molar-refractivity contribution in [1.82, 2.24) is 5.32 Å². The number of benzene rings is 1. The van der Waals surface area contributed by atoms with Gasteiger partial charge in [0.05, 0.1) is 5.60 Å². The van der Waals surface area contributed by atoms with Gasteiger partial charge in [-0.15, -0.1) is 0 Å². The minimum absolute atomic E-state index is 0.505. The summed E-state index contributed by atoms with van der Waals surface area (Å²) in [6, 6.07) is 9.14. The zero-order valence-electron chi connectivity index (χ0n) is 10.9. The average Bonchev–Trinajstić information content (AvgIpc) is 2.28. The first-order valence-electron chi connectivity index (χ1n) is 6.59. The lowest BCUT2D eigenvalue weighted by Gasteiger charge is -2.25. The molecule has 0 bridgehead atoms. The Labute approximate surface area is 104 Å². The highest BCUT2D eigenvalue weighted by Crippen LogP contribution is 2.24. The molecule has 17 heavy (non-hydrogen) atoms. The van der Waals surface area contributed by atoms with Crippen LogP contribution in [0, 0.1) is 0 Å². The fourth-order valence-corrected chi connectivity index (χ4v) is 2.56. The van der Waals surface area contributed by atoms with Crippen LogP contribution >= 0.6 is 0 Å². The fourth-order valence-electron chi connectivity index (χ4n) is 2.56. The normalized spacial score (nSPS) is 21.5. The highest BCUT2D eigenvalue weighted by Gasteiger charge is 2.17. The Morgan fingerprint density at radius 2 is 2.18 bits per heavy atom. The van der Waals surface area contributed by atoms with Crippen molar-refractivity contribution in [2.24, 2.45) is 0 Å². The first kappa shape index (κ1) is 12.6. The Kier molecular flexibility index (Phi) is 3.85. The van der Waals surface area contributed by atoms with Crippen LogP contribution < -0.4 is 5.32 Å². The van der Waals surface area contributed by atoms with Crippen molar-refractivity contribution >= 4 is 0 Å². The first-order valence-corrected chi connectivity index (χ1v) is 6.59. The Balaban J connectivity index is 2.10. The first-order chi connectivity index (χ1) is 8.04. The van der Waals surface area contributed by atoms with Crippen molar-refractivity contribution in [3.8, 4) is 0 Å². The third-order valence-electron chi connectivity index (χ3n) is 3.30. The molecule has 1 unspecified atom stereocenters. The van der Waals surface area contributed by atoms with E-state index in [4.69, 9.17) is 0 Å². The number of hydrogen-bond acceptors (Lipinski definition) is 2. The molecule has 0 aromatic heterocycles. The van der Waals surface area contributed by atoms with E-state index in [1.165, 1.54) is 30.4 Å². The van der Waals surface area contributed by atoms with Crippen LogP contribution in [0.25, 0.3) is 0 Å². The Morgan fingerprint density at radius 1 is 1.35 bits per heavy atom. The highest BCUT2D eigenvalue weighted by atomic mass is 16.3. The predicted molar refractivity (Wildman–Crippen MR) is 71.0 cm³/mol. The van der Waals surface area contributed by atoms with Gasteiger partial charge in [0.2, 0.25) is 0 Å². The van der Waals surface area contributed by atoms with Gasteiger partial charge >= 0.3 is 0 Å². The molecule has 1 aliphatic heterocycles. The molecule has 1 fully saturated rings. The van der Waals surface area contributed by atoms with Crippen LogP contribution in [-0.2, 0) is 6.42 Å². The number of aliphatic hydroxyl groups is 1. The smallest absolute Gasteiger partial charge is 0.0631 e. The van der Waals surface area contributed by atoms with Crippen molar-refractivity contribution < 1.29 is 5.11 Å². The van der Waals surface area contributed by atoms with E-state index in [0.29, 0.717) is 12.5 Å². The molecule has 94 valence electrons. The van der Waals surface area contributed by atoms with Crippen molar-refractivity contribution in [3.63, 3.8) is 0 Å². The summed E-state index contributed by atoms with van der Waals surface area (Å²) in [5.41, 5.74) is 1.97. The molecule has 1 aromatic rings. The summed E-state index contributed by atoms with van der Waals surface area (Å²) in [5.74, 6) is 0. The molecular weight excluding hydrogens is 210 g/mol. The second-order valence-electron chi connectivity index (χ2n) is 5.74. The van der Waals surface area contributed by atoms with Gasteiger partial charge in [-0.1, -0.05) is 30.7 Å². The fraction of sp³-hybridized carbons (Fsp3) is 0.600. The molecule has 0 radical (unpaired) electrons. The van der Waals surface area contributed by atoms with E-state index < -0.39 is 5.60 Å². The van der Waals surface area contributed by atoms with E-state index in [9.17, 15) is 5.11 Å². The van der Waals surface area contributed by atoms with E-state index in [2.05, 4.69) is 29.6 Å². The molecule has 1 aromatic carbocycles. The minimum atomic E-state index is -0.626. The molecule has 0 saturated carbocycles. The summed E-state index contributed by atoms with van der Waals surface area (Å²) in [6.07, 6.45) is 4.55. The Bertz CT molecular complexity index is 361. The second kappa shape index (κ2) is 5.19. The molecular formula is C15H23NO. The number of hydrogen-bond donors (Lipinski definition) is 2. The Hall–Kier alpha value is -0.860. The molecule has 2 N–H and O–H groups in total. The number of piperidine rings is 1. The monoisotopic (exact) mass is 233 g/mol. The SMILES string of the molecule is CC(C)(O)Cc1cccc(C2CCCCN2)c1. The van der Waals surface area contributed by atoms with Crippen LogP contribution in [0.1, 0.15) is 50.3 Å². The van der Waals surface area contributed by atoms with E-state index in [1.807, 2.05) is 13.8 Å². The van der Waals surface area contributed by atoms with Gasteiger partial charge in [-0.3, -0.25) is 0 Å². The van der Waals surface area contributed by atoms with Gasteiger partial charge in [-0.05, 0) is 44.4 Å². The predicted octanol–water partition coefficient (Wildman–Crippen LogP) is 2.81. The average molecular weight is 233 g/mol. The van der Waals surface area contributed by atoms with Crippen molar-refractivity contribution in [3.05, 3.63) is 35.4 Å². The maximum Gasteiger partial charge on any atom is 0.0631 e. The summed E-state index contributed by atoms with van der Waals surface area (Å²) < 4.78 is 0. The molecule has 1 heterocycles. The van der Waals surface area contributed by atoms with Crippen LogP contribution in [0.15, 0.2) is 24.3 Å². The maximum absolute atomic E-state index is 9.86. The standard InChI is InChI=1S/C15H23NO/c1-15(2,17)11-12-6-5-7-13(10-12)14-8-3-4-9-16-14/h5-7,10,14,16-17H,3-4,8-9,11H2,1-2H3. The van der Waals surface area contributed by atoms with Crippen molar-refractivity contribution in [2.45, 2.75) is 51.2 Å². The van der Waals surface area contributed by atoms with E-state index in [0.717, 1.165) is 6.54 Å². The zero-order chi connectivity index (χ0) is 12.3. The van der Waals surface area contributed by atoms with Gasteiger partial charge in [0, 0.05) is 12.5 Å². The lowest BCUT2D eigenvalue weighted by atomic mass is 9.93. The summed E-state index contributed by atoms with van der Waals surface area (Å²) >= 11 is 0. The van der Waals surface area contributed by atoms with Gasteiger partial charge in [0.1, 0.15) is 0 Å². The van der Waals surface area contributed by atoms with Gasteiger partial charge in [-0.25, -0.2) is 0 Å². The van der Waals surface area contributed by atoms with Crippen LogP contribution in [0.4, 0.5) is 0 Å². The van der Waals surface area contributed by atoms with Gasteiger partial charge in [0.15, 0.2) is 0 Å². The zero-order valence-corrected chi connectivity index (χ0v) is 10.9. The van der Waals surface area contributed by atoms with Gasteiger partial charge < -0.3 is 10.4 Å². The summed E-state index contributed by atoms with van der Waals surface area (Å²) in [5, 5.41) is 13.4. The minimum Gasteiger partial charge on any atom is -0.390 e. The van der Waals surface area contributed by atoms with Gasteiger partial charge in [-0.2, -0.15) is 0 Å². The van der Waals surface area contributed by atoms with Gasteiger partial charge in [0.25, 0.3) is 0 Å². The van der Waals surface area contributed by atoms with E-state index in [1.54, 1.807) is 0 Å². The lowest BCUT2D eigenvalue weighted by molar-refractivity contribution is 0.0810. The number of nitrogens with one attached hydrogen (secondary N) is 1. The Morgan fingerprint density at radius 3 is 2.82 bits per heavy atom. The lowest BCUT2D eigenvalue weighted by Crippen LogP contribution is -2.27. The van der Waals surface area contributed by atoms with Crippen LogP contribution in [-0.4, -0.2) is 17.3 Å². The molecule has 0 aliphatic carbocycles. The molecule has 1 atom stereocenters. The summed E-state index contributed by atoms with van der Waals surface area (Å²) in [6.45, 7) is 4.84. The molecule has 2 heteroatoms. The third kappa shape index (κ3) is 3.83. The van der Waals surface area contributed by atoms with Crippen LogP contribution in [0.3, 0.4) is 0 Å². The molecule has 2 nitrogen and oxygen atoms in total. The van der Waals surface area contributed by atoms with Crippen LogP contribution in [0.2, 0.25) is 0 Å². The number of rotatable bonds is 3. The highest BCUT2D eigenvalue weighted by molar-refractivity contribution is 5.27. The van der Waals surface area contributed by atoms with Crippen LogP contribution in [0.5, 0.6) is 0 Å². The van der Waals surface area contributed by atoms with E-state index >= 15 is 0 Å². The summed E-state index contributed by atoms with van der Waals surface area (Å²) in [4.78, 5) is 0. The van der Waals surface area contributed by atoms with Crippen molar-refractivity contribution in [1.29, 1.82) is 0 Å². The molecule has 2 rings (SSSR count). The molecule has 0 amide bonds. The second-order valence-corrected chi connectivity index (χ2v) is 5.74.